The van der Waals surface area contributed by atoms with Gasteiger partial charge in [0.2, 0.25) is 0 Å². The first kappa shape index (κ1) is 24.0. The minimum Gasteiger partial charge on any atom is -0.369 e. The Bertz CT molecular complexity index is 989. The number of rotatable bonds is 7. The van der Waals surface area contributed by atoms with E-state index in [1.807, 2.05) is 26.1 Å². The van der Waals surface area contributed by atoms with Crippen LogP contribution in [0.3, 0.4) is 0 Å². The third kappa shape index (κ3) is 6.21. The van der Waals surface area contributed by atoms with Crippen molar-refractivity contribution < 1.29 is 4.52 Å². The number of nitrogens with one attached hydrogen (secondary N) is 2. The lowest BCUT2D eigenvalue weighted by Gasteiger charge is -2.20. The highest BCUT2D eigenvalue weighted by Crippen LogP contribution is 2.20. The van der Waals surface area contributed by atoms with Crippen LogP contribution in [0.1, 0.15) is 24.7 Å². The minimum absolute atomic E-state index is 0. The first-order valence-electron chi connectivity index (χ1n) is 10.9. The first-order chi connectivity index (χ1) is 15.2. The van der Waals surface area contributed by atoms with E-state index in [4.69, 9.17) is 4.52 Å². The highest BCUT2D eigenvalue weighted by Gasteiger charge is 2.23. The molecule has 1 saturated heterocycles. The Labute approximate surface area is 206 Å². The summed E-state index contributed by atoms with van der Waals surface area (Å²) in [4.78, 5) is 11.2. The van der Waals surface area contributed by atoms with Crippen molar-refractivity contribution in [1.29, 1.82) is 0 Å². The Hall–Kier alpha value is -2.62. The number of benzene rings is 2. The molecule has 1 unspecified atom stereocenters. The molecule has 1 aromatic heterocycles. The average molecular weight is 546 g/mol. The molecule has 1 fully saturated rings. The molecule has 3 aromatic rings. The highest BCUT2D eigenvalue weighted by atomic mass is 127. The van der Waals surface area contributed by atoms with Crippen LogP contribution in [0.25, 0.3) is 11.5 Å². The monoisotopic (exact) mass is 546 g/mol. The van der Waals surface area contributed by atoms with Gasteiger partial charge < -0.3 is 20.1 Å². The Morgan fingerprint density at radius 1 is 1.16 bits per heavy atom. The maximum absolute atomic E-state index is 5.31. The Morgan fingerprint density at radius 3 is 2.62 bits per heavy atom. The van der Waals surface area contributed by atoms with E-state index in [1.54, 1.807) is 0 Å². The molecule has 0 radical (unpaired) electrons. The fourth-order valence-corrected chi connectivity index (χ4v) is 3.79. The van der Waals surface area contributed by atoms with Crippen molar-refractivity contribution in [2.75, 3.05) is 31.6 Å². The van der Waals surface area contributed by atoms with Gasteiger partial charge in [0, 0.05) is 50.4 Å². The third-order valence-electron chi connectivity index (χ3n) is 5.57. The molecule has 1 aliphatic rings. The highest BCUT2D eigenvalue weighted by molar-refractivity contribution is 14.0. The van der Waals surface area contributed by atoms with Crippen molar-refractivity contribution in [2.45, 2.75) is 32.2 Å². The molecular weight excluding hydrogens is 515 g/mol. The SMILES string of the molecule is CCc1noc(-c2ccc(CCNC(=NC)NC3CCN(c4ccccc4)C3)cc2)n1.I. The van der Waals surface area contributed by atoms with Crippen molar-refractivity contribution in [3.05, 3.63) is 66.0 Å². The topological polar surface area (TPSA) is 78.6 Å². The number of nitrogens with zero attached hydrogens (tertiary/aromatic N) is 4. The number of aromatic nitrogens is 2. The van der Waals surface area contributed by atoms with Gasteiger partial charge in [-0.1, -0.05) is 42.4 Å². The number of guanidine groups is 1. The molecule has 7 nitrogen and oxygen atoms in total. The molecule has 8 heteroatoms. The summed E-state index contributed by atoms with van der Waals surface area (Å²) < 4.78 is 5.31. The Kier molecular flexibility index (Phi) is 8.90. The standard InChI is InChI=1S/C24H30N6O.HI/c1-3-22-28-23(31-29-22)19-11-9-18(10-12-19)13-15-26-24(25-2)27-20-14-16-30(17-20)21-7-5-4-6-8-21;/h4-12,20H,3,13-17H2,1-2H3,(H2,25,26,27);1H. The van der Waals surface area contributed by atoms with Crippen LogP contribution in [0, 0.1) is 0 Å². The van der Waals surface area contributed by atoms with Gasteiger partial charge in [0.1, 0.15) is 0 Å². The van der Waals surface area contributed by atoms with Crippen molar-refractivity contribution in [2.24, 2.45) is 4.99 Å². The fourth-order valence-electron chi connectivity index (χ4n) is 3.79. The van der Waals surface area contributed by atoms with Crippen LogP contribution in [0.2, 0.25) is 0 Å². The summed E-state index contributed by atoms with van der Waals surface area (Å²) in [6.07, 6.45) is 2.78. The van der Waals surface area contributed by atoms with E-state index in [-0.39, 0.29) is 24.0 Å². The molecule has 0 saturated carbocycles. The number of para-hydroxylation sites is 1. The zero-order chi connectivity index (χ0) is 21.5. The molecule has 0 bridgehead atoms. The number of halogens is 1. The van der Waals surface area contributed by atoms with Gasteiger partial charge in [0.15, 0.2) is 11.8 Å². The second kappa shape index (κ2) is 11.8. The van der Waals surface area contributed by atoms with E-state index in [0.717, 1.165) is 56.2 Å². The smallest absolute Gasteiger partial charge is 0.257 e. The minimum atomic E-state index is 0. The van der Waals surface area contributed by atoms with Crippen molar-refractivity contribution >= 4 is 35.6 Å². The lowest BCUT2D eigenvalue weighted by Crippen LogP contribution is -2.45. The molecule has 0 spiro atoms. The maximum atomic E-state index is 5.31. The van der Waals surface area contributed by atoms with E-state index < -0.39 is 0 Å². The second-order valence-corrected chi connectivity index (χ2v) is 7.73. The molecule has 2 heterocycles. The normalized spacial score (nSPS) is 16.0. The molecule has 0 amide bonds. The lowest BCUT2D eigenvalue weighted by molar-refractivity contribution is 0.423. The van der Waals surface area contributed by atoms with E-state index in [0.29, 0.717) is 11.9 Å². The number of aryl methyl sites for hydroxylation is 1. The van der Waals surface area contributed by atoms with Gasteiger partial charge in [-0.25, -0.2) is 0 Å². The van der Waals surface area contributed by atoms with Crippen LogP contribution in [-0.2, 0) is 12.8 Å². The van der Waals surface area contributed by atoms with Gasteiger partial charge in [0.05, 0.1) is 0 Å². The summed E-state index contributed by atoms with van der Waals surface area (Å²) in [5, 5.41) is 11.0. The van der Waals surface area contributed by atoms with Gasteiger partial charge >= 0.3 is 0 Å². The van der Waals surface area contributed by atoms with Crippen molar-refractivity contribution in [1.82, 2.24) is 20.8 Å². The molecule has 4 rings (SSSR count). The van der Waals surface area contributed by atoms with Crippen LogP contribution in [-0.4, -0.2) is 48.8 Å². The van der Waals surface area contributed by atoms with Crippen LogP contribution in [0.15, 0.2) is 64.1 Å². The molecule has 32 heavy (non-hydrogen) atoms. The van der Waals surface area contributed by atoms with Crippen LogP contribution >= 0.6 is 24.0 Å². The summed E-state index contributed by atoms with van der Waals surface area (Å²) in [6.45, 7) is 4.88. The van der Waals surface area contributed by atoms with Crippen LogP contribution in [0.4, 0.5) is 5.69 Å². The predicted molar refractivity (Wildman–Crippen MR) is 140 cm³/mol. The molecule has 1 aliphatic heterocycles. The van der Waals surface area contributed by atoms with Crippen molar-refractivity contribution in [3.63, 3.8) is 0 Å². The average Bonchev–Trinajstić information content (AvgIpc) is 3.49. The largest absolute Gasteiger partial charge is 0.369 e. The lowest BCUT2D eigenvalue weighted by atomic mass is 10.1. The number of hydrogen-bond acceptors (Lipinski definition) is 5. The molecule has 2 aromatic carbocycles. The summed E-state index contributed by atoms with van der Waals surface area (Å²) >= 11 is 0. The first-order valence-corrected chi connectivity index (χ1v) is 10.9. The number of anilines is 1. The van der Waals surface area contributed by atoms with Crippen molar-refractivity contribution in [3.8, 4) is 11.5 Å². The van der Waals surface area contributed by atoms with Gasteiger partial charge in [-0.3, -0.25) is 4.99 Å². The van der Waals surface area contributed by atoms with Gasteiger partial charge in [-0.05, 0) is 42.7 Å². The number of hydrogen-bond donors (Lipinski definition) is 2. The van der Waals surface area contributed by atoms with E-state index >= 15 is 0 Å². The quantitative estimate of drug-likeness (QED) is 0.266. The molecule has 170 valence electrons. The second-order valence-electron chi connectivity index (χ2n) is 7.73. The Balaban J connectivity index is 0.00000289. The third-order valence-corrected chi connectivity index (χ3v) is 5.57. The van der Waals surface area contributed by atoms with E-state index in [1.165, 1.54) is 11.3 Å². The zero-order valence-electron chi connectivity index (χ0n) is 18.6. The van der Waals surface area contributed by atoms with E-state index in [9.17, 15) is 0 Å². The van der Waals surface area contributed by atoms with Crippen LogP contribution in [0.5, 0.6) is 0 Å². The molecule has 2 N–H and O–H groups in total. The summed E-state index contributed by atoms with van der Waals surface area (Å²) in [5.74, 6) is 2.16. The van der Waals surface area contributed by atoms with Gasteiger partial charge in [0.25, 0.3) is 5.89 Å². The predicted octanol–water partition coefficient (Wildman–Crippen LogP) is 3.90. The van der Waals surface area contributed by atoms with Gasteiger partial charge in [-0.2, -0.15) is 4.98 Å². The number of aliphatic imine (C=N–C) groups is 1. The van der Waals surface area contributed by atoms with Crippen LogP contribution < -0.4 is 15.5 Å². The summed E-state index contributed by atoms with van der Waals surface area (Å²) in [5.41, 5.74) is 3.48. The Morgan fingerprint density at radius 2 is 1.94 bits per heavy atom. The molecule has 0 aliphatic carbocycles. The molecule has 1 atom stereocenters. The molecular formula is C24H31IN6O. The zero-order valence-corrected chi connectivity index (χ0v) is 21.0. The van der Waals surface area contributed by atoms with E-state index in [2.05, 4.69) is 73.1 Å². The maximum Gasteiger partial charge on any atom is 0.257 e. The van der Waals surface area contributed by atoms with Gasteiger partial charge in [-0.15, -0.1) is 24.0 Å². The summed E-state index contributed by atoms with van der Waals surface area (Å²) in [7, 11) is 1.82. The summed E-state index contributed by atoms with van der Waals surface area (Å²) in [6, 6.07) is 19.3. The fraction of sp³-hybridized carbons (Fsp3) is 0.375.